The maximum absolute atomic E-state index is 11.3. The highest BCUT2D eigenvalue weighted by atomic mass is 16.1. The van der Waals surface area contributed by atoms with Crippen molar-refractivity contribution in [2.24, 2.45) is 5.73 Å². The number of primary amides is 1. The maximum Gasteiger partial charge on any atom is 0.250 e. The molecule has 74 valence electrons. The molecule has 0 saturated carbocycles. The molecule has 2 N–H and O–H groups in total. The van der Waals surface area contributed by atoms with E-state index >= 15 is 0 Å². The van der Waals surface area contributed by atoms with Crippen LogP contribution < -0.4 is 5.73 Å². The molecule has 0 aliphatic carbocycles. The number of aldehydes is 1. The zero-order valence-electron chi connectivity index (χ0n) is 7.94. The van der Waals surface area contributed by atoms with Crippen LogP contribution in [0, 0.1) is 0 Å². The van der Waals surface area contributed by atoms with E-state index in [2.05, 4.69) is 0 Å². The van der Waals surface area contributed by atoms with Gasteiger partial charge in [0.2, 0.25) is 5.91 Å². The fourth-order valence-electron chi connectivity index (χ4n) is 1.66. The zero-order valence-corrected chi connectivity index (χ0v) is 7.94. The Labute approximate surface area is 86.5 Å². The third-order valence-corrected chi connectivity index (χ3v) is 2.33. The summed E-state index contributed by atoms with van der Waals surface area (Å²) < 4.78 is 0. The van der Waals surface area contributed by atoms with Gasteiger partial charge in [0.15, 0.2) is 6.29 Å². The minimum absolute atomic E-state index is 0.295. The Hall–Kier alpha value is -2.16. The van der Waals surface area contributed by atoms with Crippen LogP contribution >= 0.6 is 0 Å². The van der Waals surface area contributed by atoms with Crippen molar-refractivity contribution >= 4 is 23.0 Å². The van der Waals surface area contributed by atoms with Gasteiger partial charge in [-0.1, -0.05) is 36.4 Å². The van der Waals surface area contributed by atoms with Gasteiger partial charge in [0, 0.05) is 5.56 Å². The fourth-order valence-corrected chi connectivity index (χ4v) is 1.66. The SMILES string of the molecule is NC(=O)c1c(C=O)ccc2ccccc12. The highest BCUT2D eigenvalue weighted by Gasteiger charge is 2.11. The monoisotopic (exact) mass is 199 g/mol. The standard InChI is InChI=1S/C12H9NO2/c13-12(15)11-9(7-14)6-5-8-3-1-2-4-10(8)11/h1-7H,(H2,13,15). The van der Waals surface area contributed by atoms with Crippen LogP contribution in [0.4, 0.5) is 0 Å². The van der Waals surface area contributed by atoms with Gasteiger partial charge in [-0.3, -0.25) is 9.59 Å². The smallest absolute Gasteiger partial charge is 0.250 e. The van der Waals surface area contributed by atoms with Gasteiger partial charge in [-0.25, -0.2) is 0 Å². The molecule has 0 bridgehead atoms. The van der Waals surface area contributed by atoms with Crippen LogP contribution in [0.5, 0.6) is 0 Å². The van der Waals surface area contributed by atoms with Crippen LogP contribution in [0.3, 0.4) is 0 Å². The summed E-state index contributed by atoms with van der Waals surface area (Å²) in [6.07, 6.45) is 0.645. The number of nitrogens with two attached hydrogens (primary N) is 1. The van der Waals surface area contributed by atoms with Gasteiger partial charge < -0.3 is 5.73 Å². The molecule has 2 rings (SSSR count). The van der Waals surface area contributed by atoms with Crippen LogP contribution in [0.2, 0.25) is 0 Å². The van der Waals surface area contributed by atoms with Crippen molar-refractivity contribution in [1.82, 2.24) is 0 Å². The summed E-state index contributed by atoms with van der Waals surface area (Å²) in [6.45, 7) is 0. The molecule has 0 aliphatic rings. The van der Waals surface area contributed by atoms with Crippen LogP contribution in [-0.2, 0) is 0 Å². The number of hydrogen-bond donors (Lipinski definition) is 1. The molecule has 0 fully saturated rings. The second kappa shape index (κ2) is 3.53. The molecule has 0 aliphatic heterocycles. The Morgan fingerprint density at radius 2 is 1.87 bits per heavy atom. The molecule has 15 heavy (non-hydrogen) atoms. The average molecular weight is 199 g/mol. The summed E-state index contributed by atoms with van der Waals surface area (Å²) in [6, 6.07) is 10.7. The molecule has 3 heteroatoms. The summed E-state index contributed by atoms with van der Waals surface area (Å²) in [5.74, 6) is -0.575. The molecule has 1 amide bonds. The number of carbonyl (C=O) groups excluding carboxylic acids is 2. The minimum Gasteiger partial charge on any atom is -0.366 e. The minimum atomic E-state index is -0.575. The van der Waals surface area contributed by atoms with E-state index in [1.807, 2.05) is 18.2 Å². The maximum atomic E-state index is 11.3. The lowest BCUT2D eigenvalue weighted by atomic mass is 9.99. The summed E-state index contributed by atoms with van der Waals surface area (Å²) in [4.78, 5) is 22.0. The average Bonchev–Trinajstić information content (AvgIpc) is 2.27. The number of rotatable bonds is 2. The molecular weight excluding hydrogens is 190 g/mol. The molecule has 0 saturated heterocycles. The van der Waals surface area contributed by atoms with Gasteiger partial charge in [-0.2, -0.15) is 0 Å². The molecule has 3 nitrogen and oxygen atoms in total. The highest BCUT2D eigenvalue weighted by Crippen LogP contribution is 2.20. The van der Waals surface area contributed by atoms with Gasteiger partial charge in [-0.15, -0.1) is 0 Å². The summed E-state index contributed by atoms with van der Waals surface area (Å²) >= 11 is 0. The second-order valence-electron chi connectivity index (χ2n) is 3.23. The molecule has 0 heterocycles. The third kappa shape index (κ3) is 1.48. The highest BCUT2D eigenvalue weighted by molar-refractivity contribution is 6.11. The van der Waals surface area contributed by atoms with Crippen LogP contribution in [0.15, 0.2) is 36.4 Å². The number of hydrogen-bond acceptors (Lipinski definition) is 2. The Morgan fingerprint density at radius 1 is 1.13 bits per heavy atom. The number of benzene rings is 2. The van der Waals surface area contributed by atoms with Crippen molar-refractivity contribution in [2.45, 2.75) is 0 Å². The molecule has 0 radical (unpaired) electrons. The van der Waals surface area contributed by atoms with Gasteiger partial charge in [0.1, 0.15) is 0 Å². The van der Waals surface area contributed by atoms with Crippen molar-refractivity contribution in [2.75, 3.05) is 0 Å². The van der Waals surface area contributed by atoms with Crippen molar-refractivity contribution in [3.05, 3.63) is 47.5 Å². The fraction of sp³-hybridized carbons (Fsp3) is 0. The van der Waals surface area contributed by atoms with Gasteiger partial charge in [0.25, 0.3) is 0 Å². The number of fused-ring (bicyclic) bond motifs is 1. The number of amides is 1. The van der Waals surface area contributed by atoms with E-state index < -0.39 is 5.91 Å². The molecule has 0 atom stereocenters. The summed E-state index contributed by atoms with van der Waals surface area (Å²) in [7, 11) is 0. The number of carbonyl (C=O) groups is 2. The van der Waals surface area contributed by atoms with Crippen molar-refractivity contribution < 1.29 is 9.59 Å². The van der Waals surface area contributed by atoms with E-state index in [9.17, 15) is 9.59 Å². The molecule has 0 aromatic heterocycles. The molecule has 0 unspecified atom stereocenters. The van der Waals surface area contributed by atoms with Gasteiger partial charge in [-0.05, 0) is 10.8 Å². The summed E-state index contributed by atoms with van der Waals surface area (Å²) in [5.41, 5.74) is 5.89. The Balaban J connectivity index is 2.90. The van der Waals surface area contributed by atoms with E-state index in [0.717, 1.165) is 10.8 Å². The predicted octanol–water partition coefficient (Wildman–Crippen LogP) is 1.75. The molecule has 0 spiro atoms. The van der Waals surface area contributed by atoms with E-state index in [-0.39, 0.29) is 0 Å². The molecular formula is C12H9NO2. The lowest BCUT2D eigenvalue weighted by molar-refractivity contribution is 0.0994. The molecule has 2 aromatic rings. The second-order valence-corrected chi connectivity index (χ2v) is 3.23. The first-order valence-electron chi connectivity index (χ1n) is 4.51. The van der Waals surface area contributed by atoms with E-state index in [0.29, 0.717) is 17.4 Å². The summed E-state index contributed by atoms with van der Waals surface area (Å²) in [5, 5.41) is 1.62. The van der Waals surface area contributed by atoms with E-state index in [1.54, 1.807) is 18.2 Å². The zero-order chi connectivity index (χ0) is 10.8. The Morgan fingerprint density at radius 3 is 2.53 bits per heavy atom. The normalized spacial score (nSPS) is 10.1. The third-order valence-electron chi connectivity index (χ3n) is 2.33. The van der Waals surface area contributed by atoms with Crippen LogP contribution in [-0.4, -0.2) is 12.2 Å². The van der Waals surface area contributed by atoms with Crippen molar-refractivity contribution in [1.29, 1.82) is 0 Å². The van der Waals surface area contributed by atoms with Gasteiger partial charge >= 0.3 is 0 Å². The lowest BCUT2D eigenvalue weighted by Gasteiger charge is -2.05. The van der Waals surface area contributed by atoms with E-state index in [1.165, 1.54) is 0 Å². The largest absolute Gasteiger partial charge is 0.366 e. The Kier molecular flexibility index (Phi) is 2.21. The van der Waals surface area contributed by atoms with Gasteiger partial charge in [0.05, 0.1) is 5.56 Å². The topological polar surface area (TPSA) is 60.2 Å². The van der Waals surface area contributed by atoms with Crippen LogP contribution in [0.1, 0.15) is 20.7 Å². The first-order valence-corrected chi connectivity index (χ1v) is 4.51. The van der Waals surface area contributed by atoms with Crippen molar-refractivity contribution in [3.8, 4) is 0 Å². The van der Waals surface area contributed by atoms with Crippen molar-refractivity contribution in [3.63, 3.8) is 0 Å². The quantitative estimate of drug-likeness (QED) is 0.749. The predicted molar refractivity (Wildman–Crippen MR) is 57.9 cm³/mol. The first kappa shape index (κ1) is 9.40. The van der Waals surface area contributed by atoms with E-state index in [4.69, 9.17) is 5.73 Å². The Bertz CT molecular complexity index is 546. The first-order chi connectivity index (χ1) is 7.24. The van der Waals surface area contributed by atoms with Crippen LogP contribution in [0.25, 0.3) is 10.8 Å². The molecule has 2 aromatic carbocycles. The lowest BCUT2D eigenvalue weighted by Crippen LogP contribution is -2.14.